The quantitative estimate of drug-likeness (QED) is 0.437. The smallest absolute Gasteiger partial charge is 0.162 e. The fraction of sp³-hybridized carbons (Fsp3) is 0.267. The zero-order valence-corrected chi connectivity index (χ0v) is 11.1. The lowest BCUT2D eigenvalue weighted by molar-refractivity contribution is -0.458. The van der Waals surface area contributed by atoms with Gasteiger partial charge in [-0.25, -0.2) is 4.58 Å². The van der Waals surface area contributed by atoms with E-state index < -0.39 is 0 Å². The normalized spacial score (nSPS) is 11.1. The van der Waals surface area contributed by atoms with Crippen LogP contribution in [0.4, 0.5) is 5.69 Å². The van der Waals surface area contributed by atoms with Crippen molar-refractivity contribution in [2.75, 3.05) is 33.1 Å². The molecular weight excluding hydrogens is 208 g/mol. The van der Waals surface area contributed by atoms with Crippen molar-refractivity contribution in [1.82, 2.24) is 0 Å². The highest BCUT2D eigenvalue weighted by Crippen LogP contribution is 2.12. The fourth-order valence-corrected chi connectivity index (χ4v) is 1.34. The molecule has 0 bridgehead atoms. The molecule has 0 fully saturated rings. The van der Waals surface area contributed by atoms with Crippen molar-refractivity contribution < 1.29 is 4.58 Å². The van der Waals surface area contributed by atoms with Crippen molar-refractivity contribution >= 4 is 18.0 Å². The van der Waals surface area contributed by atoms with Crippen molar-refractivity contribution in [2.24, 2.45) is 0 Å². The molecule has 1 aromatic carbocycles. The summed E-state index contributed by atoms with van der Waals surface area (Å²) in [5.41, 5.74) is 2.43. The Labute approximate surface area is 104 Å². The lowest BCUT2D eigenvalue weighted by atomic mass is 10.2. The molecule has 1 rings (SSSR count). The largest absolute Gasteiger partial charge is 0.378 e. The molecule has 0 radical (unpaired) electrons. The molecule has 0 aliphatic rings. The topological polar surface area (TPSA) is 6.25 Å². The first-order valence-electron chi connectivity index (χ1n) is 5.71. The van der Waals surface area contributed by atoms with Gasteiger partial charge in [0, 0.05) is 25.9 Å². The average Bonchev–Trinajstić information content (AvgIpc) is 2.29. The Morgan fingerprint density at radius 3 is 2.12 bits per heavy atom. The number of nitrogens with zero attached hydrogens (tertiary/aromatic N) is 2. The van der Waals surface area contributed by atoms with Gasteiger partial charge in [0.1, 0.15) is 14.1 Å². The molecule has 2 nitrogen and oxygen atoms in total. The first-order valence-corrected chi connectivity index (χ1v) is 5.71. The first-order chi connectivity index (χ1) is 8.09. The Balaban J connectivity index is 2.60. The van der Waals surface area contributed by atoms with Crippen LogP contribution in [0.3, 0.4) is 0 Å². The molecule has 0 saturated heterocycles. The summed E-state index contributed by atoms with van der Waals surface area (Å²) in [5, 5.41) is 0. The number of allylic oxidation sites excluding steroid dienone is 3. The van der Waals surface area contributed by atoms with Gasteiger partial charge in [-0.2, -0.15) is 0 Å². The van der Waals surface area contributed by atoms with Crippen molar-refractivity contribution in [3.8, 4) is 0 Å². The minimum absolute atomic E-state index is 1.21. The van der Waals surface area contributed by atoms with E-state index in [-0.39, 0.29) is 0 Å². The van der Waals surface area contributed by atoms with Crippen LogP contribution in [0.1, 0.15) is 5.56 Å². The summed E-state index contributed by atoms with van der Waals surface area (Å²) in [6.07, 6.45) is 10.2. The van der Waals surface area contributed by atoms with Crippen molar-refractivity contribution in [3.63, 3.8) is 0 Å². The second kappa shape index (κ2) is 6.69. The van der Waals surface area contributed by atoms with E-state index in [0.717, 1.165) is 0 Å². The van der Waals surface area contributed by atoms with Gasteiger partial charge in [0.25, 0.3) is 0 Å². The van der Waals surface area contributed by atoms with Crippen LogP contribution in [0, 0.1) is 0 Å². The zero-order valence-electron chi connectivity index (χ0n) is 11.1. The van der Waals surface area contributed by atoms with Crippen molar-refractivity contribution in [1.29, 1.82) is 0 Å². The number of rotatable bonds is 4. The van der Waals surface area contributed by atoms with E-state index in [2.05, 4.69) is 35.2 Å². The van der Waals surface area contributed by atoms with Crippen LogP contribution >= 0.6 is 0 Å². The molecule has 0 amide bonds. The predicted octanol–water partition coefficient (Wildman–Crippen LogP) is 2.66. The molecule has 2 heteroatoms. The van der Waals surface area contributed by atoms with Crippen LogP contribution < -0.4 is 4.90 Å². The van der Waals surface area contributed by atoms with Gasteiger partial charge in [-0.3, -0.25) is 0 Å². The Bertz CT molecular complexity index is 419. The molecule has 0 spiro atoms. The van der Waals surface area contributed by atoms with Crippen LogP contribution in [0.5, 0.6) is 0 Å². The maximum atomic E-state index is 2.12. The number of anilines is 1. The second-order valence-electron chi connectivity index (χ2n) is 4.34. The number of hydrogen-bond donors (Lipinski definition) is 0. The van der Waals surface area contributed by atoms with Gasteiger partial charge in [0.15, 0.2) is 6.21 Å². The van der Waals surface area contributed by atoms with Gasteiger partial charge >= 0.3 is 0 Å². The molecule has 0 unspecified atom stereocenters. The molecule has 90 valence electrons. The third-order valence-corrected chi connectivity index (χ3v) is 2.30. The summed E-state index contributed by atoms with van der Waals surface area (Å²) < 4.78 is 2.01. The Morgan fingerprint density at radius 1 is 0.941 bits per heavy atom. The van der Waals surface area contributed by atoms with E-state index in [9.17, 15) is 0 Å². The maximum absolute atomic E-state index is 2.12. The SMILES string of the molecule is CN(C)c1ccc(/C=C/C=C/C=[N+](C)C)cc1. The van der Waals surface area contributed by atoms with Crippen LogP contribution in [0.25, 0.3) is 6.08 Å². The van der Waals surface area contributed by atoms with Gasteiger partial charge < -0.3 is 4.90 Å². The molecule has 0 atom stereocenters. The minimum Gasteiger partial charge on any atom is -0.378 e. The van der Waals surface area contributed by atoms with Gasteiger partial charge in [-0.05, 0) is 17.7 Å². The highest BCUT2D eigenvalue weighted by Gasteiger charge is 1.92. The summed E-state index contributed by atoms with van der Waals surface area (Å²) in [4.78, 5) is 2.10. The summed E-state index contributed by atoms with van der Waals surface area (Å²) in [5.74, 6) is 0. The molecule has 1 aromatic rings. The Hall–Kier alpha value is -1.83. The standard InChI is InChI=1S/C15H21N2/c1-16(2)13-7-5-6-8-14-9-11-15(12-10-14)17(3)4/h5-13H,1-4H3/q+1. The molecule has 0 aliphatic carbocycles. The maximum Gasteiger partial charge on any atom is 0.162 e. The molecule has 17 heavy (non-hydrogen) atoms. The van der Waals surface area contributed by atoms with Crippen LogP contribution in [0.15, 0.2) is 42.5 Å². The van der Waals surface area contributed by atoms with E-state index in [1.807, 2.05) is 57.2 Å². The van der Waals surface area contributed by atoms with Gasteiger partial charge in [-0.15, -0.1) is 0 Å². The van der Waals surface area contributed by atoms with Crippen LogP contribution in [-0.4, -0.2) is 39.0 Å². The third kappa shape index (κ3) is 5.16. The minimum atomic E-state index is 1.21. The summed E-state index contributed by atoms with van der Waals surface area (Å²) in [6, 6.07) is 8.48. The lowest BCUT2D eigenvalue weighted by Crippen LogP contribution is -2.07. The van der Waals surface area contributed by atoms with Gasteiger partial charge in [0.2, 0.25) is 0 Å². The van der Waals surface area contributed by atoms with Crippen molar-refractivity contribution in [3.05, 3.63) is 48.1 Å². The summed E-state index contributed by atoms with van der Waals surface area (Å²) in [6.45, 7) is 0. The van der Waals surface area contributed by atoms with Crippen LogP contribution in [0.2, 0.25) is 0 Å². The number of benzene rings is 1. The average molecular weight is 229 g/mol. The fourth-order valence-electron chi connectivity index (χ4n) is 1.34. The van der Waals surface area contributed by atoms with Gasteiger partial charge in [0.05, 0.1) is 0 Å². The Kier molecular flexibility index (Phi) is 5.21. The van der Waals surface area contributed by atoms with E-state index in [1.165, 1.54) is 11.3 Å². The predicted molar refractivity (Wildman–Crippen MR) is 77.1 cm³/mol. The molecule has 0 N–H and O–H groups in total. The highest BCUT2D eigenvalue weighted by molar-refractivity contribution is 5.67. The van der Waals surface area contributed by atoms with E-state index in [1.54, 1.807) is 0 Å². The van der Waals surface area contributed by atoms with Crippen LogP contribution in [-0.2, 0) is 0 Å². The Morgan fingerprint density at radius 2 is 1.59 bits per heavy atom. The van der Waals surface area contributed by atoms with E-state index in [0.29, 0.717) is 0 Å². The van der Waals surface area contributed by atoms with E-state index in [4.69, 9.17) is 0 Å². The first kappa shape index (κ1) is 13.2. The monoisotopic (exact) mass is 229 g/mol. The van der Waals surface area contributed by atoms with E-state index >= 15 is 0 Å². The summed E-state index contributed by atoms with van der Waals surface area (Å²) >= 11 is 0. The molecular formula is C15H21N2+. The van der Waals surface area contributed by atoms with Gasteiger partial charge in [-0.1, -0.05) is 30.4 Å². The second-order valence-corrected chi connectivity index (χ2v) is 4.34. The molecule has 0 aromatic heterocycles. The molecule has 0 heterocycles. The lowest BCUT2D eigenvalue weighted by Gasteiger charge is -2.11. The zero-order chi connectivity index (χ0) is 12.7. The molecule has 0 saturated carbocycles. The van der Waals surface area contributed by atoms with Crippen molar-refractivity contribution in [2.45, 2.75) is 0 Å². The molecule has 0 aliphatic heterocycles. The highest BCUT2D eigenvalue weighted by atomic mass is 15.1. The third-order valence-electron chi connectivity index (χ3n) is 2.30. The number of hydrogen-bond acceptors (Lipinski definition) is 1. The summed E-state index contributed by atoms with van der Waals surface area (Å²) in [7, 11) is 8.11.